The lowest BCUT2D eigenvalue weighted by atomic mass is 9.86. The molecule has 1 atom stereocenters. The summed E-state index contributed by atoms with van der Waals surface area (Å²) < 4.78 is 11.4. The minimum Gasteiger partial charge on any atom is -0.494 e. The summed E-state index contributed by atoms with van der Waals surface area (Å²) in [6.45, 7) is 9.30. The molecule has 220 valence electrons. The first-order valence-corrected chi connectivity index (χ1v) is 14.8. The van der Waals surface area contributed by atoms with Gasteiger partial charge in [0.25, 0.3) is 11.8 Å². The van der Waals surface area contributed by atoms with Crippen molar-refractivity contribution in [1.82, 2.24) is 15.5 Å². The van der Waals surface area contributed by atoms with Crippen LogP contribution < -0.4 is 10.1 Å². The molecule has 0 aliphatic rings. The van der Waals surface area contributed by atoms with Crippen molar-refractivity contribution in [3.63, 3.8) is 0 Å². The molecule has 7 heteroatoms. The summed E-state index contributed by atoms with van der Waals surface area (Å²) in [5.74, 6) is 1.46. The fourth-order valence-electron chi connectivity index (χ4n) is 4.60. The zero-order chi connectivity index (χ0) is 30.0. The lowest BCUT2D eigenvalue weighted by Crippen LogP contribution is -2.37. The van der Waals surface area contributed by atoms with Gasteiger partial charge in [0.05, 0.1) is 12.6 Å². The molecule has 1 amide bonds. The Hall–Kier alpha value is -4.26. The standard InChI is InChI=1S/C35H41N3O4/c1-5-6-7-8-9-22-41-31-20-16-26(17-21-31)32-37-34(42-38-32)28-12-10-25(11-13-28)23-30(24-39)36-33(40)27-14-18-29(19-15-27)35(2,3)4/h10-21,24,30H,5-9,22-23H2,1-4H3,(H,36,40). The van der Waals surface area contributed by atoms with E-state index in [0.717, 1.165) is 47.3 Å². The Morgan fingerprint density at radius 3 is 2.21 bits per heavy atom. The van der Waals surface area contributed by atoms with Gasteiger partial charge in [0, 0.05) is 16.7 Å². The molecule has 1 aromatic heterocycles. The fraction of sp³-hybridized carbons (Fsp3) is 0.371. The van der Waals surface area contributed by atoms with Crippen LogP contribution in [0.2, 0.25) is 0 Å². The summed E-state index contributed by atoms with van der Waals surface area (Å²) in [5.41, 5.74) is 4.19. The van der Waals surface area contributed by atoms with Crippen LogP contribution in [0.15, 0.2) is 77.3 Å². The van der Waals surface area contributed by atoms with E-state index < -0.39 is 6.04 Å². The summed E-state index contributed by atoms with van der Waals surface area (Å²) in [6.07, 6.45) is 7.17. The molecule has 42 heavy (non-hydrogen) atoms. The number of aromatic nitrogens is 2. The number of nitrogens with zero attached hydrogens (tertiary/aromatic N) is 2. The molecule has 0 saturated heterocycles. The van der Waals surface area contributed by atoms with Crippen LogP contribution in [-0.4, -0.2) is 35.0 Å². The first kappa shape index (κ1) is 30.7. The number of ether oxygens (including phenoxy) is 1. The van der Waals surface area contributed by atoms with Gasteiger partial charge in [-0.05, 0) is 77.9 Å². The average Bonchev–Trinajstić information content (AvgIpc) is 3.49. The molecule has 1 heterocycles. The largest absolute Gasteiger partial charge is 0.494 e. The highest BCUT2D eigenvalue weighted by atomic mass is 16.5. The maximum absolute atomic E-state index is 12.7. The molecule has 4 aromatic rings. The van der Waals surface area contributed by atoms with E-state index in [9.17, 15) is 9.59 Å². The van der Waals surface area contributed by atoms with Gasteiger partial charge in [-0.3, -0.25) is 4.79 Å². The van der Waals surface area contributed by atoms with Crippen molar-refractivity contribution in [2.45, 2.75) is 77.7 Å². The number of carbonyl (C=O) groups is 2. The molecule has 0 bridgehead atoms. The van der Waals surface area contributed by atoms with Crippen LogP contribution in [0.5, 0.6) is 5.75 Å². The van der Waals surface area contributed by atoms with Crippen LogP contribution in [0, 0.1) is 0 Å². The lowest BCUT2D eigenvalue weighted by Gasteiger charge is -2.19. The van der Waals surface area contributed by atoms with Gasteiger partial charge < -0.3 is 19.4 Å². The SMILES string of the molecule is CCCCCCCOc1ccc(-c2noc(-c3ccc(CC(C=O)NC(=O)c4ccc(C(C)(C)C)cc4)cc3)n2)cc1. The number of benzene rings is 3. The van der Waals surface area contributed by atoms with Gasteiger partial charge in [0.15, 0.2) is 0 Å². The Bertz CT molecular complexity index is 1420. The molecular weight excluding hydrogens is 526 g/mol. The van der Waals surface area contributed by atoms with Crippen LogP contribution in [0.25, 0.3) is 22.8 Å². The van der Waals surface area contributed by atoms with Crippen molar-refractivity contribution in [2.75, 3.05) is 6.61 Å². The first-order valence-electron chi connectivity index (χ1n) is 14.8. The molecule has 7 nitrogen and oxygen atoms in total. The number of hydrogen-bond acceptors (Lipinski definition) is 6. The molecule has 3 aromatic carbocycles. The second-order valence-electron chi connectivity index (χ2n) is 11.7. The molecule has 0 aliphatic heterocycles. The number of aldehydes is 1. The Kier molecular flexibility index (Phi) is 10.7. The lowest BCUT2D eigenvalue weighted by molar-refractivity contribution is -0.109. The van der Waals surface area contributed by atoms with Crippen molar-refractivity contribution >= 4 is 12.2 Å². The Labute approximate surface area is 248 Å². The van der Waals surface area contributed by atoms with Crippen molar-refractivity contribution in [2.24, 2.45) is 0 Å². The predicted molar refractivity (Wildman–Crippen MR) is 166 cm³/mol. The Morgan fingerprint density at radius 2 is 1.57 bits per heavy atom. The highest BCUT2D eigenvalue weighted by Crippen LogP contribution is 2.25. The topological polar surface area (TPSA) is 94.3 Å². The monoisotopic (exact) mass is 567 g/mol. The van der Waals surface area contributed by atoms with Gasteiger partial charge in [-0.15, -0.1) is 0 Å². The minimum absolute atomic E-state index is 0.00300. The molecule has 4 rings (SSSR count). The molecule has 0 saturated carbocycles. The average molecular weight is 568 g/mol. The number of hydrogen-bond donors (Lipinski definition) is 1. The molecule has 1 unspecified atom stereocenters. The molecule has 0 radical (unpaired) electrons. The maximum Gasteiger partial charge on any atom is 0.258 e. The van der Waals surface area contributed by atoms with E-state index in [1.807, 2.05) is 60.7 Å². The van der Waals surface area contributed by atoms with Gasteiger partial charge in [0.2, 0.25) is 5.82 Å². The van der Waals surface area contributed by atoms with Crippen LogP contribution in [0.4, 0.5) is 0 Å². The first-order chi connectivity index (χ1) is 20.3. The number of amides is 1. The summed E-state index contributed by atoms with van der Waals surface area (Å²) in [5, 5.41) is 6.97. The zero-order valence-corrected chi connectivity index (χ0v) is 25.1. The normalized spacial score (nSPS) is 12.1. The second-order valence-corrected chi connectivity index (χ2v) is 11.7. The Morgan fingerprint density at radius 1 is 0.905 bits per heavy atom. The maximum atomic E-state index is 12.7. The third-order valence-corrected chi connectivity index (χ3v) is 7.21. The van der Waals surface area contributed by atoms with Gasteiger partial charge in [-0.1, -0.05) is 82.8 Å². The van der Waals surface area contributed by atoms with Crippen molar-refractivity contribution in [3.05, 3.63) is 89.5 Å². The highest BCUT2D eigenvalue weighted by Gasteiger charge is 2.17. The summed E-state index contributed by atoms with van der Waals surface area (Å²) >= 11 is 0. The van der Waals surface area contributed by atoms with Crippen molar-refractivity contribution < 1.29 is 18.8 Å². The van der Waals surface area contributed by atoms with Crippen LogP contribution in [-0.2, 0) is 16.6 Å². The van der Waals surface area contributed by atoms with Gasteiger partial charge in [-0.25, -0.2) is 0 Å². The van der Waals surface area contributed by atoms with Crippen LogP contribution in [0.3, 0.4) is 0 Å². The van der Waals surface area contributed by atoms with Gasteiger partial charge >= 0.3 is 0 Å². The van der Waals surface area contributed by atoms with Gasteiger partial charge in [-0.2, -0.15) is 4.98 Å². The van der Waals surface area contributed by atoms with E-state index >= 15 is 0 Å². The summed E-state index contributed by atoms with van der Waals surface area (Å²) in [7, 11) is 0. The van der Waals surface area contributed by atoms with Crippen molar-refractivity contribution in [3.8, 4) is 28.6 Å². The summed E-state index contributed by atoms with van der Waals surface area (Å²) in [4.78, 5) is 29.0. The van der Waals surface area contributed by atoms with Crippen molar-refractivity contribution in [1.29, 1.82) is 0 Å². The number of carbonyl (C=O) groups excluding carboxylic acids is 2. The quantitative estimate of drug-likeness (QED) is 0.125. The third kappa shape index (κ3) is 8.62. The van der Waals surface area contributed by atoms with Crippen LogP contribution >= 0.6 is 0 Å². The van der Waals surface area contributed by atoms with E-state index in [4.69, 9.17) is 9.26 Å². The van der Waals surface area contributed by atoms with E-state index in [1.165, 1.54) is 25.7 Å². The highest BCUT2D eigenvalue weighted by molar-refractivity contribution is 5.95. The number of rotatable bonds is 14. The Balaban J connectivity index is 1.30. The zero-order valence-electron chi connectivity index (χ0n) is 25.1. The second kappa shape index (κ2) is 14.6. The molecule has 0 fully saturated rings. The van der Waals surface area contributed by atoms with E-state index in [2.05, 4.69) is 43.2 Å². The molecule has 0 aliphatic carbocycles. The van der Waals surface area contributed by atoms with E-state index in [-0.39, 0.29) is 11.3 Å². The van der Waals surface area contributed by atoms with Gasteiger partial charge in [0.1, 0.15) is 12.0 Å². The number of unbranched alkanes of at least 4 members (excludes halogenated alkanes) is 4. The number of nitrogens with one attached hydrogen (secondary N) is 1. The molecular formula is C35H41N3O4. The van der Waals surface area contributed by atoms with E-state index in [1.54, 1.807) is 12.1 Å². The summed E-state index contributed by atoms with van der Waals surface area (Å²) in [6, 6.07) is 22.1. The fourth-order valence-corrected chi connectivity index (χ4v) is 4.60. The third-order valence-electron chi connectivity index (χ3n) is 7.21. The smallest absolute Gasteiger partial charge is 0.258 e. The molecule has 0 spiro atoms. The predicted octanol–water partition coefficient (Wildman–Crippen LogP) is 7.59. The minimum atomic E-state index is -0.645. The molecule has 1 N–H and O–H groups in total. The van der Waals surface area contributed by atoms with Crippen LogP contribution in [0.1, 0.15) is 81.3 Å². The van der Waals surface area contributed by atoms with E-state index in [0.29, 0.717) is 23.7 Å².